The minimum atomic E-state index is -3.59. The first-order chi connectivity index (χ1) is 8.85. The Morgan fingerprint density at radius 3 is 2.26 bits per heavy atom. The van der Waals surface area contributed by atoms with E-state index in [2.05, 4.69) is 4.72 Å². The van der Waals surface area contributed by atoms with Gasteiger partial charge in [-0.3, -0.25) is 0 Å². The molecule has 1 aromatic carbocycles. The summed E-state index contributed by atoms with van der Waals surface area (Å²) in [6.07, 6.45) is 0. The molecule has 0 aliphatic carbocycles. The number of rotatable bonds is 7. The molecule has 19 heavy (non-hydrogen) atoms. The van der Waals surface area contributed by atoms with Gasteiger partial charge in [-0.2, -0.15) is 0 Å². The second-order valence-corrected chi connectivity index (χ2v) is 6.60. The van der Waals surface area contributed by atoms with Gasteiger partial charge in [0.25, 0.3) is 0 Å². The number of aliphatic hydroxyl groups excluding tert-OH is 1. The average molecular weight is 287 g/mol. The third-order valence-electron chi connectivity index (χ3n) is 2.35. The fourth-order valence-corrected chi connectivity index (χ4v) is 2.58. The summed E-state index contributed by atoms with van der Waals surface area (Å²) in [5.41, 5.74) is 0. The first-order valence-electron chi connectivity index (χ1n) is 6.21. The number of ether oxygens (including phenoxy) is 1. The third kappa shape index (κ3) is 5.18. The minimum absolute atomic E-state index is 0.157. The Morgan fingerprint density at radius 1 is 1.21 bits per heavy atom. The summed E-state index contributed by atoms with van der Waals surface area (Å²) in [5, 5.41) is 8.86. The monoisotopic (exact) mass is 287 g/mol. The Labute approximate surface area is 114 Å². The molecule has 5 nitrogen and oxygen atoms in total. The van der Waals surface area contributed by atoms with Crippen LogP contribution in [0.25, 0.3) is 0 Å². The topological polar surface area (TPSA) is 75.6 Å². The van der Waals surface area contributed by atoms with Gasteiger partial charge < -0.3 is 9.84 Å². The van der Waals surface area contributed by atoms with Crippen LogP contribution in [-0.2, 0) is 10.0 Å². The Kier molecular flexibility index (Phi) is 5.78. The number of hydrogen-bond donors (Lipinski definition) is 2. The number of benzene rings is 1. The van der Waals surface area contributed by atoms with Crippen molar-refractivity contribution in [2.75, 3.05) is 13.2 Å². The predicted molar refractivity (Wildman–Crippen MR) is 73.6 cm³/mol. The van der Waals surface area contributed by atoms with E-state index in [0.29, 0.717) is 18.3 Å². The second-order valence-electron chi connectivity index (χ2n) is 4.88. The van der Waals surface area contributed by atoms with Crippen LogP contribution in [0.3, 0.4) is 0 Å². The van der Waals surface area contributed by atoms with E-state index in [1.54, 1.807) is 19.1 Å². The molecule has 0 spiro atoms. The van der Waals surface area contributed by atoms with Gasteiger partial charge in [-0.25, -0.2) is 13.1 Å². The van der Waals surface area contributed by atoms with Gasteiger partial charge in [0.1, 0.15) is 5.75 Å². The predicted octanol–water partition coefficient (Wildman–Crippen LogP) is 1.38. The maximum absolute atomic E-state index is 11.9. The molecule has 0 radical (unpaired) electrons. The third-order valence-corrected chi connectivity index (χ3v) is 3.95. The molecule has 0 saturated carbocycles. The van der Waals surface area contributed by atoms with Crippen LogP contribution in [0.2, 0.25) is 0 Å². The van der Waals surface area contributed by atoms with Crippen LogP contribution in [0.4, 0.5) is 0 Å². The first-order valence-corrected chi connectivity index (χ1v) is 7.69. The summed E-state index contributed by atoms with van der Waals surface area (Å²) in [5.74, 6) is 1.05. The Hall–Kier alpha value is -1.11. The van der Waals surface area contributed by atoms with E-state index in [9.17, 15) is 8.42 Å². The summed E-state index contributed by atoms with van der Waals surface area (Å²) >= 11 is 0. The molecular formula is C13H21NO4S. The van der Waals surface area contributed by atoms with E-state index >= 15 is 0 Å². The highest BCUT2D eigenvalue weighted by molar-refractivity contribution is 7.89. The lowest BCUT2D eigenvalue weighted by Crippen LogP contribution is -2.34. The van der Waals surface area contributed by atoms with Crippen molar-refractivity contribution in [1.29, 1.82) is 0 Å². The van der Waals surface area contributed by atoms with Gasteiger partial charge in [0.05, 0.1) is 18.1 Å². The van der Waals surface area contributed by atoms with Crippen molar-refractivity contribution in [3.63, 3.8) is 0 Å². The molecule has 0 bridgehead atoms. The molecular weight excluding hydrogens is 266 g/mol. The van der Waals surface area contributed by atoms with Crippen LogP contribution in [0, 0.1) is 5.92 Å². The second kappa shape index (κ2) is 6.88. The molecule has 1 atom stereocenters. The van der Waals surface area contributed by atoms with Gasteiger partial charge >= 0.3 is 0 Å². The molecule has 0 aromatic heterocycles. The highest BCUT2D eigenvalue weighted by Crippen LogP contribution is 2.16. The normalized spacial score (nSPS) is 13.5. The van der Waals surface area contributed by atoms with Gasteiger partial charge in [0.15, 0.2) is 0 Å². The highest BCUT2D eigenvalue weighted by atomic mass is 32.2. The van der Waals surface area contributed by atoms with Gasteiger partial charge in [-0.1, -0.05) is 13.8 Å². The maximum atomic E-state index is 11.9. The van der Waals surface area contributed by atoms with E-state index < -0.39 is 16.1 Å². The molecule has 1 aromatic rings. The summed E-state index contributed by atoms with van der Waals surface area (Å²) in [6.45, 7) is 6.02. The average Bonchev–Trinajstić information content (AvgIpc) is 2.36. The molecule has 6 heteroatoms. The fraction of sp³-hybridized carbons (Fsp3) is 0.538. The van der Waals surface area contributed by atoms with Crippen molar-refractivity contribution in [2.24, 2.45) is 5.92 Å². The number of nitrogens with one attached hydrogen (secondary N) is 1. The molecule has 1 rings (SSSR count). The lowest BCUT2D eigenvalue weighted by molar-refractivity contribution is 0.265. The van der Waals surface area contributed by atoms with E-state index in [-0.39, 0.29) is 11.5 Å². The number of hydrogen-bond acceptors (Lipinski definition) is 4. The van der Waals surface area contributed by atoms with E-state index in [4.69, 9.17) is 9.84 Å². The molecule has 108 valence electrons. The first kappa shape index (κ1) is 15.9. The smallest absolute Gasteiger partial charge is 0.240 e. The van der Waals surface area contributed by atoms with Crippen LogP contribution in [0.1, 0.15) is 20.8 Å². The summed E-state index contributed by atoms with van der Waals surface area (Å²) in [4.78, 5) is 0.157. The quantitative estimate of drug-likeness (QED) is 0.794. The molecule has 0 unspecified atom stereocenters. The standard InChI is InChI=1S/C13H21NO4S/c1-10(2)9-18-12-4-6-13(7-5-12)19(16,17)14-11(3)8-15/h4-7,10-11,14-15H,8-9H2,1-3H3/t11-/m1/s1. The molecule has 0 aliphatic rings. The van der Waals surface area contributed by atoms with E-state index in [1.807, 2.05) is 13.8 Å². The van der Waals surface area contributed by atoms with Crippen LogP contribution in [0.15, 0.2) is 29.2 Å². The van der Waals surface area contributed by atoms with Crippen molar-refractivity contribution < 1.29 is 18.3 Å². The van der Waals surface area contributed by atoms with E-state index in [1.165, 1.54) is 12.1 Å². The van der Waals surface area contributed by atoms with Gasteiger partial charge in [-0.05, 0) is 37.1 Å². The van der Waals surface area contributed by atoms with Crippen molar-refractivity contribution in [3.05, 3.63) is 24.3 Å². The number of aliphatic hydroxyl groups is 1. The minimum Gasteiger partial charge on any atom is -0.493 e. The summed E-state index contributed by atoms with van der Waals surface area (Å²) in [6, 6.07) is 5.72. The van der Waals surface area contributed by atoms with Gasteiger partial charge in [-0.15, -0.1) is 0 Å². The maximum Gasteiger partial charge on any atom is 0.240 e. The molecule has 2 N–H and O–H groups in total. The summed E-state index contributed by atoms with van der Waals surface area (Å²) in [7, 11) is -3.59. The van der Waals surface area contributed by atoms with Crippen molar-refractivity contribution in [3.8, 4) is 5.75 Å². The molecule has 0 heterocycles. The zero-order valence-corrected chi connectivity index (χ0v) is 12.3. The zero-order chi connectivity index (χ0) is 14.5. The Bertz CT molecular complexity index is 482. The van der Waals surface area contributed by atoms with Crippen molar-refractivity contribution in [2.45, 2.75) is 31.7 Å². The van der Waals surface area contributed by atoms with Crippen LogP contribution in [0.5, 0.6) is 5.75 Å². The number of sulfonamides is 1. The molecule has 0 amide bonds. The lowest BCUT2D eigenvalue weighted by Gasteiger charge is -2.12. The largest absolute Gasteiger partial charge is 0.493 e. The lowest BCUT2D eigenvalue weighted by atomic mass is 10.2. The highest BCUT2D eigenvalue weighted by Gasteiger charge is 2.16. The van der Waals surface area contributed by atoms with Crippen LogP contribution >= 0.6 is 0 Å². The van der Waals surface area contributed by atoms with Gasteiger partial charge in [0.2, 0.25) is 10.0 Å². The molecule has 0 fully saturated rings. The summed E-state index contributed by atoms with van der Waals surface area (Å²) < 4.78 is 31.7. The molecule has 0 aliphatic heterocycles. The van der Waals surface area contributed by atoms with E-state index in [0.717, 1.165) is 0 Å². The van der Waals surface area contributed by atoms with Crippen LogP contribution < -0.4 is 9.46 Å². The van der Waals surface area contributed by atoms with Crippen LogP contribution in [-0.4, -0.2) is 32.8 Å². The zero-order valence-electron chi connectivity index (χ0n) is 11.5. The fourth-order valence-electron chi connectivity index (χ4n) is 1.35. The Balaban J connectivity index is 2.75. The Morgan fingerprint density at radius 2 is 1.79 bits per heavy atom. The SMILES string of the molecule is CC(C)COc1ccc(S(=O)(=O)N[C@H](C)CO)cc1. The molecule has 0 saturated heterocycles. The van der Waals surface area contributed by atoms with Crippen molar-refractivity contribution >= 4 is 10.0 Å². The van der Waals surface area contributed by atoms with Gasteiger partial charge in [0, 0.05) is 6.04 Å². The van der Waals surface area contributed by atoms with Crippen molar-refractivity contribution in [1.82, 2.24) is 4.72 Å².